The Balaban J connectivity index is 2.39. The van der Waals surface area contributed by atoms with E-state index < -0.39 is 0 Å². The Bertz CT molecular complexity index is 261. The number of nitrogens with two attached hydrogens (primary N) is 1. The number of thioether (sulfide) groups is 1. The summed E-state index contributed by atoms with van der Waals surface area (Å²) < 4.78 is 0. The lowest BCUT2D eigenvalue weighted by molar-refractivity contribution is 0.348. The number of anilines is 1. The fourth-order valence-electron chi connectivity index (χ4n) is 1.17. The highest BCUT2D eigenvalue weighted by Gasteiger charge is 1.99. The quantitative estimate of drug-likeness (QED) is 0.800. The van der Waals surface area contributed by atoms with Gasteiger partial charge in [0, 0.05) is 25.0 Å². The molecule has 0 radical (unpaired) electrons. The number of aromatic nitrogens is 1. The molecule has 14 heavy (non-hydrogen) atoms. The van der Waals surface area contributed by atoms with Crippen molar-refractivity contribution in [2.45, 2.75) is 6.54 Å². The highest BCUT2D eigenvalue weighted by molar-refractivity contribution is 7.98. The normalized spacial score (nSPS) is 10.8. The molecule has 0 aliphatic heterocycles. The minimum absolute atomic E-state index is 0.584. The number of hydrogen-bond acceptors (Lipinski definition) is 4. The van der Waals surface area contributed by atoms with E-state index in [9.17, 15) is 0 Å². The molecule has 0 aromatic carbocycles. The van der Waals surface area contributed by atoms with Crippen LogP contribution >= 0.6 is 11.8 Å². The van der Waals surface area contributed by atoms with Crippen LogP contribution in [0, 0.1) is 0 Å². The van der Waals surface area contributed by atoms with Crippen molar-refractivity contribution >= 4 is 17.6 Å². The van der Waals surface area contributed by atoms with Gasteiger partial charge in [0.2, 0.25) is 0 Å². The second-order valence-electron chi connectivity index (χ2n) is 3.32. The smallest absolute Gasteiger partial charge is 0.123 e. The first-order valence-electron chi connectivity index (χ1n) is 4.60. The van der Waals surface area contributed by atoms with Crippen LogP contribution in [0.5, 0.6) is 0 Å². The molecule has 0 fully saturated rings. The number of hydrogen-bond donors (Lipinski definition) is 1. The molecule has 3 nitrogen and oxygen atoms in total. The molecule has 4 heteroatoms. The van der Waals surface area contributed by atoms with Crippen molar-refractivity contribution in [1.82, 2.24) is 9.88 Å². The Labute approximate surface area is 89.7 Å². The molecule has 1 aromatic heterocycles. The molecule has 2 N–H and O–H groups in total. The molecular formula is C10H17N3S. The first-order chi connectivity index (χ1) is 6.72. The van der Waals surface area contributed by atoms with Crippen LogP contribution in [-0.2, 0) is 6.54 Å². The predicted molar refractivity (Wildman–Crippen MR) is 63.4 cm³/mol. The molecule has 0 aliphatic rings. The molecule has 0 bridgehead atoms. The Kier molecular flexibility index (Phi) is 4.76. The van der Waals surface area contributed by atoms with E-state index in [0.717, 1.165) is 13.1 Å². The van der Waals surface area contributed by atoms with E-state index in [1.807, 2.05) is 30.1 Å². The Hall–Kier alpha value is -0.740. The van der Waals surface area contributed by atoms with Crippen molar-refractivity contribution in [1.29, 1.82) is 0 Å². The zero-order valence-electron chi connectivity index (χ0n) is 8.73. The first-order valence-corrected chi connectivity index (χ1v) is 5.99. The summed E-state index contributed by atoms with van der Waals surface area (Å²) in [5, 5.41) is 0. The topological polar surface area (TPSA) is 42.1 Å². The van der Waals surface area contributed by atoms with Crippen molar-refractivity contribution in [3.05, 3.63) is 23.9 Å². The van der Waals surface area contributed by atoms with E-state index in [1.54, 1.807) is 0 Å². The maximum atomic E-state index is 5.51. The van der Waals surface area contributed by atoms with Gasteiger partial charge >= 0.3 is 0 Å². The summed E-state index contributed by atoms with van der Waals surface area (Å²) in [7, 11) is 2.12. The zero-order valence-corrected chi connectivity index (χ0v) is 9.55. The molecule has 0 aliphatic carbocycles. The highest BCUT2D eigenvalue weighted by Crippen LogP contribution is 2.04. The van der Waals surface area contributed by atoms with E-state index in [4.69, 9.17) is 5.73 Å². The molecule has 0 atom stereocenters. The molecule has 0 saturated carbocycles. The van der Waals surface area contributed by atoms with Gasteiger partial charge < -0.3 is 10.6 Å². The van der Waals surface area contributed by atoms with Crippen molar-refractivity contribution < 1.29 is 0 Å². The van der Waals surface area contributed by atoms with Crippen molar-refractivity contribution in [2.75, 3.05) is 31.3 Å². The molecule has 78 valence electrons. The van der Waals surface area contributed by atoms with Crippen LogP contribution in [0.15, 0.2) is 18.3 Å². The fourth-order valence-corrected chi connectivity index (χ4v) is 1.66. The largest absolute Gasteiger partial charge is 0.384 e. The van der Waals surface area contributed by atoms with Gasteiger partial charge in [-0.05, 0) is 24.9 Å². The third-order valence-electron chi connectivity index (χ3n) is 1.98. The van der Waals surface area contributed by atoms with E-state index in [0.29, 0.717) is 5.82 Å². The Morgan fingerprint density at radius 1 is 1.50 bits per heavy atom. The minimum atomic E-state index is 0.584. The van der Waals surface area contributed by atoms with Crippen LogP contribution in [0.3, 0.4) is 0 Å². The maximum Gasteiger partial charge on any atom is 0.123 e. The average Bonchev–Trinajstić information content (AvgIpc) is 2.18. The average molecular weight is 211 g/mol. The second kappa shape index (κ2) is 5.88. The molecular weight excluding hydrogens is 194 g/mol. The van der Waals surface area contributed by atoms with Crippen LogP contribution in [0.25, 0.3) is 0 Å². The third kappa shape index (κ3) is 3.98. The van der Waals surface area contributed by atoms with Crippen molar-refractivity contribution in [3.63, 3.8) is 0 Å². The summed E-state index contributed by atoms with van der Waals surface area (Å²) in [4.78, 5) is 6.34. The van der Waals surface area contributed by atoms with Crippen LogP contribution < -0.4 is 5.73 Å². The summed E-state index contributed by atoms with van der Waals surface area (Å²) >= 11 is 1.87. The van der Waals surface area contributed by atoms with Gasteiger partial charge in [-0.1, -0.05) is 6.07 Å². The molecule has 1 heterocycles. The number of nitrogens with zero attached hydrogens (tertiary/aromatic N) is 2. The predicted octanol–water partition coefficient (Wildman–Crippen LogP) is 1.46. The van der Waals surface area contributed by atoms with Crippen LogP contribution in [0.1, 0.15) is 5.56 Å². The lowest BCUT2D eigenvalue weighted by Gasteiger charge is -2.15. The van der Waals surface area contributed by atoms with Gasteiger partial charge in [-0.15, -0.1) is 0 Å². The number of nitrogen functional groups attached to an aromatic ring is 1. The summed E-state index contributed by atoms with van der Waals surface area (Å²) in [5.41, 5.74) is 6.72. The molecule has 0 amide bonds. The zero-order chi connectivity index (χ0) is 10.4. The lowest BCUT2D eigenvalue weighted by Crippen LogP contribution is -2.20. The van der Waals surface area contributed by atoms with Crippen LogP contribution in [0.4, 0.5) is 5.82 Å². The van der Waals surface area contributed by atoms with Crippen LogP contribution in [0.2, 0.25) is 0 Å². The third-order valence-corrected chi connectivity index (χ3v) is 2.57. The fraction of sp³-hybridized carbons (Fsp3) is 0.500. The molecule has 1 aromatic rings. The van der Waals surface area contributed by atoms with Gasteiger partial charge in [0.25, 0.3) is 0 Å². The van der Waals surface area contributed by atoms with E-state index in [-0.39, 0.29) is 0 Å². The summed E-state index contributed by atoms with van der Waals surface area (Å²) in [5.74, 6) is 1.75. The molecule has 0 unspecified atom stereocenters. The summed E-state index contributed by atoms with van der Waals surface area (Å²) in [6, 6.07) is 3.87. The van der Waals surface area contributed by atoms with Crippen molar-refractivity contribution in [2.24, 2.45) is 0 Å². The second-order valence-corrected chi connectivity index (χ2v) is 4.31. The summed E-state index contributed by atoms with van der Waals surface area (Å²) in [6.07, 6.45) is 3.96. The van der Waals surface area contributed by atoms with E-state index in [1.165, 1.54) is 11.3 Å². The number of pyridine rings is 1. The standard InChI is InChI=1S/C10H17N3S/c1-13(5-6-14-2)8-9-3-4-10(11)12-7-9/h3-4,7H,5-6,8H2,1-2H3,(H2,11,12). The summed E-state index contributed by atoms with van der Waals surface area (Å²) in [6.45, 7) is 2.04. The van der Waals surface area contributed by atoms with E-state index >= 15 is 0 Å². The maximum absolute atomic E-state index is 5.51. The van der Waals surface area contributed by atoms with Crippen LogP contribution in [-0.4, -0.2) is 35.5 Å². The van der Waals surface area contributed by atoms with Crippen molar-refractivity contribution in [3.8, 4) is 0 Å². The SMILES string of the molecule is CSCCN(C)Cc1ccc(N)nc1. The lowest BCUT2D eigenvalue weighted by atomic mass is 10.2. The molecule has 0 saturated heterocycles. The van der Waals surface area contributed by atoms with Gasteiger partial charge in [-0.25, -0.2) is 4.98 Å². The molecule has 0 spiro atoms. The number of rotatable bonds is 5. The van der Waals surface area contributed by atoms with Gasteiger partial charge in [0.15, 0.2) is 0 Å². The highest BCUT2D eigenvalue weighted by atomic mass is 32.2. The molecule has 1 rings (SSSR count). The monoisotopic (exact) mass is 211 g/mol. The Morgan fingerprint density at radius 2 is 2.29 bits per heavy atom. The Morgan fingerprint density at radius 3 is 2.86 bits per heavy atom. The van der Waals surface area contributed by atoms with Gasteiger partial charge in [0.05, 0.1) is 0 Å². The van der Waals surface area contributed by atoms with Gasteiger partial charge in [-0.2, -0.15) is 11.8 Å². The first kappa shape index (κ1) is 11.3. The van der Waals surface area contributed by atoms with E-state index in [2.05, 4.69) is 23.2 Å². The van der Waals surface area contributed by atoms with Gasteiger partial charge in [0.1, 0.15) is 5.82 Å². The van der Waals surface area contributed by atoms with Gasteiger partial charge in [-0.3, -0.25) is 0 Å². The minimum Gasteiger partial charge on any atom is -0.384 e.